The second-order valence-corrected chi connectivity index (χ2v) is 8.19. The van der Waals surface area contributed by atoms with Crippen molar-refractivity contribution in [2.75, 3.05) is 11.9 Å². The van der Waals surface area contributed by atoms with Gasteiger partial charge in [-0.3, -0.25) is 4.79 Å². The molecule has 0 radical (unpaired) electrons. The first kappa shape index (κ1) is 19.3. The molecule has 1 aromatic carbocycles. The molecular weight excluding hydrogens is 378 g/mol. The maximum atomic E-state index is 12.7. The van der Waals surface area contributed by atoms with Gasteiger partial charge in [0.2, 0.25) is 0 Å². The third-order valence-corrected chi connectivity index (χ3v) is 6.30. The Hall–Kier alpha value is -2.44. The topological polar surface area (TPSA) is 55.4 Å². The molecule has 2 aromatic heterocycles. The number of carbonyl (C=O) groups is 2. The first-order valence-corrected chi connectivity index (χ1v) is 10.4. The highest BCUT2D eigenvalue weighted by Crippen LogP contribution is 2.37. The summed E-state index contributed by atoms with van der Waals surface area (Å²) in [7, 11) is 0. The molecule has 140 valence electrons. The maximum absolute atomic E-state index is 12.7. The van der Waals surface area contributed by atoms with Crippen LogP contribution in [0.4, 0.5) is 5.00 Å². The molecule has 0 aliphatic carbocycles. The smallest absolute Gasteiger partial charge is 0.341 e. The molecule has 0 saturated heterocycles. The quantitative estimate of drug-likeness (QED) is 0.549. The van der Waals surface area contributed by atoms with E-state index in [9.17, 15) is 9.59 Å². The molecule has 1 N–H and O–H groups in total. The minimum absolute atomic E-state index is 0.209. The minimum atomic E-state index is -0.428. The SMILES string of the molecule is CCOC(=O)c1c(-c2ccc(C)cc2)csc1NC(=O)c1csc(C)c1C. The van der Waals surface area contributed by atoms with Gasteiger partial charge < -0.3 is 10.1 Å². The summed E-state index contributed by atoms with van der Waals surface area (Å²) in [5.41, 5.74) is 4.84. The third kappa shape index (κ3) is 3.96. The van der Waals surface area contributed by atoms with E-state index in [1.54, 1.807) is 18.3 Å². The third-order valence-electron chi connectivity index (χ3n) is 4.39. The highest BCUT2D eigenvalue weighted by molar-refractivity contribution is 7.15. The number of aryl methyl sites for hydroxylation is 2. The van der Waals surface area contributed by atoms with Gasteiger partial charge in [0.1, 0.15) is 10.6 Å². The van der Waals surface area contributed by atoms with Crippen LogP contribution in [0, 0.1) is 20.8 Å². The van der Waals surface area contributed by atoms with E-state index in [-0.39, 0.29) is 12.5 Å². The minimum Gasteiger partial charge on any atom is -0.462 e. The van der Waals surface area contributed by atoms with Crippen molar-refractivity contribution < 1.29 is 14.3 Å². The lowest BCUT2D eigenvalue weighted by molar-refractivity contribution is 0.0529. The van der Waals surface area contributed by atoms with Gasteiger partial charge in [-0.15, -0.1) is 22.7 Å². The number of hydrogen-bond donors (Lipinski definition) is 1. The van der Waals surface area contributed by atoms with Gasteiger partial charge in [-0.1, -0.05) is 29.8 Å². The van der Waals surface area contributed by atoms with Gasteiger partial charge in [0.15, 0.2) is 0 Å². The van der Waals surface area contributed by atoms with Crippen LogP contribution in [-0.4, -0.2) is 18.5 Å². The van der Waals surface area contributed by atoms with Crippen molar-refractivity contribution in [2.45, 2.75) is 27.7 Å². The summed E-state index contributed by atoms with van der Waals surface area (Å²) in [6.45, 7) is 7.98. The van der Waals surface area contributed by atoms with Crippen molar-refractivity contribution >= 4 is 39.6 Å². The first-order chi connectivity index (χ1) is 12.9. The number of carbonyl (C=O) groups excluding carboxylic acids is 2. The number of nitrogens with one attached hydrogen (secondary N) is 1. The molecule has 3 aromatic rings. The van der Waals surface area contributed by atoms with E-state index in [1.807, 2.05) is 55.8 Å². The predicted molar refractivity (Wildman–Crippen MR) is 112 cm³/mol. The molecule has 6 heteroatoms. The van der Waals surface area contributed by atoms with E-state index in [4.69, 9.17) is 4.74 Å². The van der Waals surface area contributed by atoms with Crippen LogP contribution in [0.1, 0.15) is 43.6 Å². The molecule has 0 aliphatic rings. The van der Waals surface area contributed by atoms with Crippen molar-refractivity contribution in [3.05, 3.63) is 62.2 Å². The Morgan fingerprint density at radius 3 is 2.33 bits per heavy atom. The fraction of sp³-hybridized carbons (Fsp3) is 0.238. The number of rotatable bonds is 5. The number of ether oxygens (including phenoxy) is 1. The molecule has 2 heterocycles. The normalized spacial score (nSPS) is 10.7. The molecule has 0 saturated carbocycles. The highest BCUT2D eigenvalue weighted by Gasteiger charge is 2.24. The van der Waals surface area contributed by atoms with Gasteiger partial charge in [-0.25, -0.2) is 4.79 Å². The van der Waals surface area contributed by atoms with E-state index in [0.717, 1.165) is 27.1 Å². The lowest BCUT2D eigenvalue weighted by Gasteiger charge is -2.09. The van der Waals surface area contributed by atoms with Crippen molar-refractivity contribution in [1.82, 2.24) is 0 Å². The number of esters is 1. The maximum Gasteiger partial charge on any atom is 0.341 e. The zero-order chi connectivity index (χ0) is 19.6. The molecule has 0 fully saturated rings. The van der Waals surface area contributed by atoms with Crippen LogP contribution in [0.3, 0.4) is 0 Å². The molecule has 4 nitrogen and oxygen atoms in total. The second kappa shape index (κ2) is 8.06. The van der Waals surface area contributed by atoms with E-state index in [1.165, 1.54) is 11.3 Å². The van der Waals surface area contributed by atoms with Gasteiger partial charge in [0.05, 0.1) is 12.2 Å². The van der Waals surface area contributed by atoms with Gasteiger partial charge in [0.25, 0.3) is 5.91 Å². The largest absolute Gasteiger partial charge is 0.462 e. The van der Waals surface area contributed by atoms with Gasteiger partial charge >= 0.3 is 5.97 Å². The molecule has 0 atom stereocenters. The van der Waals surface area contributed by atoms with E-state index in [2.05, 4.69) is 5.32 Å². The lowest BCUT2D eigenvalue weighted by atomic mass is 10.0. The summed E-state index contributed by atoms with van der Waals surface area (Å²) < 4.78 is 5.25. The van der Waals surface area contributed by atoms with Gasteiger partial charge in [-0.05, 0) is 38.8 Å². The molecule has 1 amide bonds. The summed E-state index contributed by atoms with van der Waals surface area (Å²) in [6.07, 6.45) is 0. The number of benzene rings is 1. The van der Waals surface area contributed by atoms with E-state index < -0.39 is 5.97 Å². The Morgan fingerprint density at radius 2 is 1.74 bits per heavy atom. The van der Waals surface area contributed by atoms with Crippen LogP contribution in [-0.2, 0) is 4.74 Å². The summed E-state index contributed by atoms with van der Waals surface area (Å²) in [5, 5.41) is 7.15. The number of amides is 1. The summed E-state index contributed by atoms with van der Waals surface area (Å²) in [6, 6.07) is 7.94. The molecule has 0 aliphatic heterocycles. The monoisotopic (exact) mass is 399 g/mol. The number of anilines is 1. The molecule has 0 bridgehead atoms. The van der Waals surface area contributed by atoms with E-state index in [0.29, 0.717) is 16.1 Å². The van der Waals surface area contributed by atoms with Crippen LogP contribution in [0.15, 0.2) is 35.0 Å². The van der Waals surface area contributed by atoms with Crippen LogP contribution >= 0.6 is 22.7 Å². The Bertz CT molecular complexity index is 984. The van der Waals surface area contributed by atoms with Crippen LogP contribution in [0.5, 0.6) is 0 Å². The van der Waals surface area contributed by atoms with Crippen molar-refractivity contribution in [1.29, 1.82) is 0 Å². The summed E-state index contributed by atoms with van der Waals surface area (Å²) in [4.78, 5) is 26.4. The molecule has 0 unspecified atom stereocenters. The van der Waals surface area contributed by atoms with E-state index >= 15 is 0 Å². The van der Waals surface area contributed by atoms with Crippen LogP contribution in [0.2, 0.25) is 0 Å². The van der Waals surface area contributed by atoms with Crippen molar-refractivity contribution in [3.8, 4) is 11.1 Å². The lowest BCUT2D eigenvalue weighted by Crippen LogP contribution is -2.15. The zero-order valence-corrected chi connectivity index (χ0v) is 17.3. The summed E-state index contributed by atoms with van der Waals surface area (Å²) in [5.74, 6) is -0.637. The number of thiophene rings is 2. The highest BCUT2D eigenvalue weighted by atomic mass is 32.1. The average Bonchev–Trinajstić information content (AvgIpc) is 3.20. The predicted octanol–water partition coefficient (Wildman–Crippen LogP) is 5.83. The van der Waals surface area contributed by atoms with Crippen molar-refractivity contribution in [3.63, 3.8) is 0 Å². The average molecular weight is 400 g/mol. The van der Waals surface area contributed by atoms with Crippen LogP contribution < -0.4 is 5.32 Å². The Kier molecular flexibility index (Phi) is 5.77. The fourth-order valence-electron chi connectivity index (χ4n) is 2.71. The molecule has 27 heavy (non-hydrogen) atoms. The molecule has 0 spiro atoms. The Morgan fingerprint density at radius 1 is 1.04 bits per heavy atom. The molecule has 3 rings (SSSR count). The van der Waals surface area contributed by atoms with Gasteiger partial charge in [-0.2, -0.15) is 0 Å². The molecular formula is C21H21NO3S2. The summed E-state index contributed by atoms with van der Waals surface area (Å²) >= 11 is 2.88. The number of hydrogen-bond acceptors (Lipinski definition) is 5. The zero-order valence-electron chi connectivity index (χ0n) is 15.7. The Labute approximate surface area is 166 Å². The van der Waals surface area contributed by atoms with Crippen LogP contribution in [0.25, 0.3) is 11.1 Å². The Balaban J connectivity index is 2.00. The second-order valence-electron chi connectivity index (χ2n) is 6.22. The fourth-order valence-corrected chi connectivity index (χ4v) is 4.53. The standard InChI is InChI=1S/C21H21NO3S2/c1-5-25-21(24)18-17(15-8-6-12(2)7-9-15)11-27-20(18)22-19(23)16-10-26-14(4)13(16)3/h6-11H,5H2,1-4H3,(H,22,23). The first-order valence-electron chi connectivity index (χ1n) is 8.64. The van der Waals surface area contributed by atoms with Gasteiger partial charge in [0, 0.05) is 21.2 Å². The van der Waals surface area contributed by atoms with Crippen molar-refractivity contribution in [2.24, 2.45) is 0 Å².